The van der Waals surface area contributed by atoms with E-state index < -0.39 is 21.9 Å². The fourth-order valence-corrected chi connectivity index (χ4v) is 5.33. The van der Waals surface area contributed by atoms with Crippen LogP contribution in [0.1, 0.15) is 36.9 Å². The minimum Gasteiger partial charge on any atom is -0.326 e. The Kier molecular flexibility index (Phi) is 7.13. The Labute approximate surface area is 181 Å². The number of aryl methyl sites for hydroxylation is 1. The lowest BCUT2D eigenvalue weighted by molar-refractivity contribution is -0.114. The molecule has 1 atom stereocenters. The number of hydrogen-bond acceptors (Lipinski definition) is 4. The maximum Gasteiger partial charge on any atom is 0.240 e. The smallest absolute Gasteiger partial charge is 0.240 e. The zero-order valence-corrected chi connectivity index (χ0v) is 18.5. The van der Waals surface area contributed by atoms with Crippen molar-refractivity contribution in [3.63, 3.8) is 0 Å². The van der Waals surface area contributed by atoms with E-state index in [1.807, 2.05) is 4.90 Å². The molecular formula is C21H25ClFN3O3S. The van der Waals surface area contributed by atoms with E-state index in [0.29, 0.717) is 16.8 Å². The number of hydrogen-bond donors (Lipinski definition) is 2. The van der Waals surface area contributed by atoms with Crippen LogP contribution in [-0.4, -0.2) is 38.9 Å². The van der Waals surface area contributed by atoms with E-state index in [2.05, 4.69) is 10.0 Å². The number of halogens is 2. The largest absolute Gasteiger partial charge is 0.326 e. The lowest BCUT2D eigenvalue weighted by atomic mass is 10.0. The van der Waals surface area contributed by atoms with Gasteiger partial charge in [-0.05, 0) is 62.7 Å². The van der Waals surface area contributed by atoms with Gasteiger partial charge in [0, 0.05) is 29.7 Å². The maximum atomic E-state index is 14.6. The summed E-state index contributed by atoms with van der Waals surface area (Å²) < 4.78 is 43.3. The van der Waals surface area contributed by atoms with E-state index >= 15 is 0 Å². The highest BCUT2D eigenvalue weighted by atomic mass is 35.5. The summed E-state index contributed by atoms with van der Waals surface area (Å²) in [5.41, 5.74) is 1.23. The highest BCUT2D eigenvalue weighted by molar-refractivity contribution is 7.89. The average Bonchev–Trinajstić information content (AvgIpc) is 3.19. The second-order valence-electron chi connectivity index (χ2n) is 7.41. The maximum absolute atomic E-state index is 14.6. The predicted molar refractivity (Wildman–Crippen MR) is 116 cm³/mol. The van der Waals surface area contributed by atoms with E-state index in [0.717, 1.165) is 25.9 Å². The van der Waals surface area contributed by atoms with Crippen LogP contribution in [0.25, 0.3) is 0 Å². The zero-order valence-electron chi connectivity index (χ0n) is 16.9. The lowest BCUT2D eigenvalue weighted by Gasteiger charge is -2.29. The first-order chi connectivity index (χ1) is 14.2. The molecule has 1 fully saturated rings. The van der Waals surface area contributed by atoms with Gasteiger partial charge in [0.15, 0.2) is 0 Å². The van der Waals surface area contributed by atoms with Crippen molar-refractivity contribution in [1.82, 2.24) is 9.62 Å². The van der Waals surface area contributed by atoms with E-state index in [4.69, 9.17) is 11.6 Å². The van der Waals surface area contributed by atoms with E-state index in [1.54, 1.807) is 25.1 Å². The summed E-state index contributed by atoms with van der Waals surface area (Å²) in [6.45, 7) is 4.50. The van der Waals surface area contributed by atoms with Gasteiger partial charge in [0.1, 0.15) is 5.82 Å². The summed E-state index contributed by atoms with van der Waals surface area (Å²) in [6.07, 6.45) is 1.93. The van der Waals surface area contributed by atoms with Crippen LogP contribution < -0.4 is 10.0 Å². The molecule has 1 heterocycles. The zero-order chi connectivity index (χ0) is 21.9. The van der Waals surface area contributed by atoms with Crippen molar-refractivity contribution in [3.8, 4) is 0 Å². The first-order valence-electron chi connectivity index (χ1n) is 9.75. The van der Waals surface area contributed by atoms with Crippen molar-refractivity contribution >= 4 is 33.2 Å². The fraction of sp³-hybridized carbons (Fsp3) is 0.381. The highest BCUT2D eigenvalue weighted by Crippen LogP contribution is 2.32. The molecule has 30 heavy (non-hydrogen) atoms. The molecule has 0 bridgehead atoms. The van der Waals surface area contributed by atoms with Crippen LogP contribution in [0.15, 0.2) is 41.3 Å². The number of nitrogens with zero attached hydrogens (tertiary/aromatic N) is 1. The van der Waals surface area contributed by atoms with Crippen molar-refractivity contribution in [2.75, 3.05) is 25.0 Å². The lowest BCUT2D eigenvalue weighted by Crippen LogP contribution is -2.37. The van der Waals surface area contributed by atoms with Gasteiger partial charge in [-0.2, -0.15) is 0 Å². The Morgan fingerprint density at radius 2 is 1.93 bits per heavy atom. The monoisotopic (exact) mass is 453 g/mol. The van der Waals surface area contributed by atoms with Gasteiger partial charge in [-0.1, -0.05) is 23.7 Å². The summed E-state index contributed by atoms with van der Waals surface area (Å²) in [4.78, 5) is 13.4. The number of carbonyl (C=O) groups is 1. The van der Waals surface area contributed by atoms with E-state index in [-0.39, 0.29) is 22.4 Å². The first-order valence-corrected chi connectivity index (χ1v) is 11.6. The van der Waals surface area contributed by atoms with Gasteiger partial charge in [0.25, 0.3) is 0 Å². The third kappa shape index (κ3) is 5.18. The standard InChI is InChI=1S/C21H25ClFN3O3S/c1-14-8-9-16(25-15(2)27)12-20(14)30(28,29)24-13-19(26-10-3-4-11-26)21-17(22)6-5-7-18(21)23/h5-9,12,19,24H,3-4,10-11,13H2,1-2H3,(H,25,27). The normalized spacial score (nSPS) is 15.9. The molecule has 1 aliphatic heterocycles. The number of likely N-dealkylation sites (tertiary alicyclic amines) is 1. The molecule has 6 nitrogen and oxygen atoms in total. The molecule has 0 saturated carbocycles. The van der Waals surface area contributed by atoms with Crippen LogP contribution in [-0.2, 0) is 14.8 Å². The molecule has 9 heteroatoms. The summed E-state index contributed by atoms with van der Waals surface area (Å²) in [7, 11) is -3.90. The molecule has 3 rings (SSSR count). The Morgan fingerprint density at radius 3 is 2.57 bits per heavy atom. The molecule has 1 unspecified atom stereocenters. The molecule has 0 radical (unpaired) electrons. The summed E-state index contributed by atoms with van der Waals surface area (Å²) in [5, 5.41) is 2.86. The topological polar surface area (TPSA) is 78.5 Å². The summed E-state index contributed by atoms with van der Waals surface area (Å²) >= 11 is 6.28. The number of sulfonamides is 1. The number of carbonyl (C=O) groups excluding carboxylic acids is 1. The van der Waals surface area contributed by atoms with Crippen LogP contribution in [0.2, 0.25) is 5.02 Å². The number of rotatable bonds is 7. The average molecular weight is 454 g/mol. The van der Waals surface area contributed by atoms with Gasteiger partial charge < -0.3 is 5.32 Å². The van der Waals surface area contributed by atoms with Crippen LogP contribution in [0.5, 0.6) is 0 Å². The van der Waals surface area contributed by atoms with Gasteiger partial charge in [0.2, 0.25) is 15.9 Å². The second-order valence-corrected chi connectivity index (χ2v) is 9.55. The van der Waals surface area contributed by atoms with Crippen LogP contribution in [0.4, 0.5) is 10.1 Å². The molecule has 0 spiro atoms. The summed E-state index contributed by atoms with van der Waals surface area (Å²) in [6, 6.07) is 8.64. The molecule has 162 valence electrons. The van der Waals surface area contributed by atoms with Gasteiger partial charge in [-0.3, -0.25) is 9.69 Å². The molecule has 1 aliphatic rings. The Bertz CT molecular complexity index is 1020. The predicted octanol–water partition coefficient (Wildman–Crippen LogP) is 3.86. The van der Waals surface area contributed by atoms with Gasteiger partial charge in [0.05, 0.1) is 10.9 Å². The minimum atomic E-state index is -3.90. The van der Waals surface area contributed by atoms with Crippen LogP contribution in [0, 0.1) is 12.7 Å². The summed E-state index contributed by atoms with van der Waals surface area (Å²) in [5.74, 6) is -0.749. The molecule has 2 N–H and O–H groups in total. The van der Waals surface area contributed by atoms with Crippen LogP contribution in [0.3, 0.4) is 0 Å². The van der Waals surface area contributed by atoms with Crippen molar-refractivity contribution in [3.05, 3.63) is 58.4 Å². The molecular weight excluding hydrogens is 429 g/mol. The van der Waals surface area contributed by atoms with E-state index in [9.17, 15) is 17.6 Å². The Balaban J connectivity index is 1.89. The fourth-order valence-electron chi connectivity index (χ4n) is 3.73. The molecule has 2 aromatic rings. The third-order valence-corrected chi connectivity index (χ3v) is 7.07. The Hall–Kier alpha value is -2.00. The molecule has 2 aromatic carbocycles. The van der Waals surface area contributed by atoms with Crippen molar-refractivity contribution in [1.29, 1.82) is 0 Å². The Morgan fingerprint density at radius 1 is 1.23 bits per heavy atom. The molecule has 1 saturated heterocycles. The van der Waals surface area contributed by atoms with E-state index in [1.165, 1.54) is 25.1 Å². The highest BCUT2D eigenvalue weighted by Gasteiger charge is 2.29. The number of benzene rings is 2. The molecule has 0 aliphatic carbocycles. The third-order valence-electron chi connectivity index (χ3n) is 5.18. The first kappa shape index (κ1) is 22.7. The van der Waals surface area contributed by atoms with Gasteiger partial charge in [-0.25, -0.2) is 17.5 Å². The quantitative estimate of drug-likeness (QED) is 0.667. The minimum absolute atomic E-state index is 0.0210. The second kappa shape index (κ2) is 9.43. The molecule has 1 amide bonds. The van der Waals surface area contributed by atoms with Crippen molar-refractivity contribution in [2.24, 2.45) is 0 Å². The van der Waals surface area contributed by atoms with Crippen LogP contribution >= 0.6 is 11.6 Å². The van der Waals surface area contributed by atoms with Gasteiger partial charge >= 0.3 is 0 Å². The molecule has 0 aromatic heterocycles. The number of amides is 1. The van der Waals surface area contributed by atoms with Crippen molar-refractivity contribution in [2.45, 2.75) is 37.6 Å². The van der Waals surface area contributed by atoms with Crippen molar-refractivity contribution < 1.29 is 17.6 Å². The number of nitrogens with one attached hydrogen (secondary N) is 2. The SMILES string of the molecule is CC(=O)Nc1ccc(C)c(S(=O)(=O)NCC(c2c(F)cccc2Cl)N2CCCC2)c1. The van der Waals surface area contributed by atoms with Gasteiger partial charge in [-0.15, -0.1) is 0 Å². The number of anilines is 1.